The predicted molar refractivity (Wildman–Crippen MR) is 330 cm³/mol. The number of phenolic OH excluding ortho intramolecular Hbond substituents is 6. The van der Waals surface area contributed by atoms with Crippen molar-refractivity contribution in [1.29, 1.82) is 0 Å². The van der Waals surface area contributed by atoms with Crippen molar-refractivity contribution in [1.82, 2.24) is 29.9 Å². The van der Waals surface area contributed by atoms with Gasteiger partial charge in [-0.05, 0) is 121 Å². The molecule has 0 fully saturated rings. The van der Waals surface area contributed by atoms with Crippen molar-refractivity contribution in [2.75, 3.05) is 0 Å². The van der Waals surface area contributed by atoms with E-state index in [1.807, 2.05) is 140 Å². The summed E-state index contributed by atoms with van der Waals surface area (Å²) in [5.74, 6) is 1.10. The van der Waals surface area contributed by atoms with Gasteiger partial charge in [-0.1, -0.05) is 147 Å². The van der Waals surface area contributed by atoms with Crippen LogP contribution in [0, 0.1) is 12.7 Å². The topological polar surface area (TPSA) is 199 Å². The van der Waals surface area contributed by atoms with Crippen molar-refractivity contribution in [3.8, 4) is 56.9 Å². The molecule has 0 atom stereocenters. The Morgan fingerprint density at radius 3 is 1.31 bits per heavy atom. The van der Waals surface area contributed by atoms with Crippen LogP contribution in [0.5, 0.6) is 34.5 Å². The third-order valence-corrected chi connectivity index (χ3v) is 13.1. The molecule has 0 amide bonds. The zero-order valence-corrected chi connectivity index (χ0v) is 67.5. The second kappa shape index (κ2) is 37.0. The molecule has 6 aromatic heterocycles. The fraction of sp³-hybridized carbons (Fsp3) is 0.0571. The monoisotopic (exact) mass is 1480 g/mol. The molecule has 0 bridgehead atoms. The fourth-order valence-corrected chi connectivity index (χ4v) is 8.84. The second-order valence-electron chi connectivity index (χ2n) is 19.1. The Morgan fingerprint density at radius 1 is 0.348 bits per heavy atom. The molecule has 422 valence electrons. The van der Waals surface area contributed by atoms with E-state index in [-0.39, 0.29) is 157 Å². The number of hydrogen-bond acceptors (Lipinski definition) is 12. The largest absolute Gasteiger partial charge is 0.506 e. The second-order valence-corrected chi connectivity index (χ2v) is 19.1. The van der Waals surface area contributed by atoms with Gasteiger partial charge in [0, 0.05) is 185 Å². The van der Waals surface area contributed by atoms with Crippen LogP contribution in [0.4, 0.5) is 4.39 Å². The Labute approximate surface area is 592 Å². The standard InChI is InChI=1S/2C15H11NO.C12H13NO.C10H9NO.C9H6FNO.C9H7NO.6Zn/c17-14-9-8-12(11-5-2-1-3-6-11)13-7-4-10-16-15(13)14;17-14-8-4-7-12-9-10-13(16-15(12)14)11-5-2-1-3-6-11;1-8(2)10-7-6-9-4-3-5-11(14)12(9)13-10;1-7-4-5-9(12)10-8(7)3-2-6-11-10;10-7-3-4-8(12)9-6(7)2-1-5-11-9;11-8-5-1-3-7-4-2-6-10-9(7)8;;;;;;/h2*1-10,17H;3-8,14H,1-2H3;2-6,12H,1H3;1-5,12H;1-6,11H;;;;;;/i;;;;;4D;;;;;;. The number of fused-ring (bicyclic) bond motifs is 6. The molecule has 6 N–H and O–H groups in total. The van der Waals surface area contributed by atoms with Crippen LogP contribution in [0.15, 0.2) is 249 Å². The number of para-hydroxylation sites is 3. The van der Waals surface area contributed by atoms with Crippen LogP contribution >= 0.6 is 0 Å². The molecule has 0 saturated heterocycles. The summed E-state index contributed by atoms with van der Waals surface area (Å²) in [6, 6.07) is 66.5. The first-order valence-corrected chi connectivity index (χ1v) is 26.4. The van der Waals surface area contributed by atoms with E-state index in [4.69, 9.17) is 1.37 Å². The first-order valence-electron chi connectivity index (χ1n) is 26.9. The SMILES string of the molecule is CC(C)c1ccc2cccc(O)c2n1.Cc1ccc(O)c2ncccc12.Oc1ccc(-c2ccccc2)c2cccnc12.Oc1ccc(F)c2cccnc12.Oc1cccc2ccc(-c3ccccc3)nc12.[2H]c1ccnc2c(O)cccc12.[Zn].[Zn].[Zn].[Zn].[Zn].[Zn]. The summed E-state index contributed by atoms with van der Waals surface area (Å²) < 4.78 is 20.5. The number of hydrogen-bond donors (Lipinski definition) is 6. The van der Waals surface area contributed by atoms with Crippen molar-refractivity contribution < 1.29 is 153 Å². The van der Waals surface area contributed by atoms with E-state index in [2.05, 4.69) is 55.9 Å². The Bertz CT molecular complexity index is 4330. The minimum absolute atomic E-state index is 0. The zero-order chi connectivity index (χ0) is 59.1. The van der Waals surface area contributed by atoms with Gasteiger partial charge in [-0.2, -0.15) is 0 Å². The van der Waals surface area contributed by atoms with Gasteiger partial charge in [0.05, 0.1) is 7.06 Å². The molecule has 14 rings (SSSR count). The van der Waals surface area contributed by atoms with Gasteiger partial charge in [-0.25, -0.2) is 14.4 Å². The summed E-state index contributed by atoms with van der Waals surface area (Å²) in [7, 11) is 0. The fourth-order valence-electron chi connectivity index (χ4n) is 8.84. The molecule has 12 nitrogen and oxygen atoms in total. The Balaban J connectivity index is 0.000000280. The van der Waals surface area contributed by atoms with Crippen LogP contribution in [-0.4, -0.2) is 60.5 Å². The molecule has 6 heterocycles. The quantitative estimate of drug-likeness (QED) is 0.0917. The molecule has 0 aliphatic carbocycles. The Hall–Kier alpha value is -7.31. The van der Waals surface area contributed by atoms with E-state index in [9.17, 15) is 35.0 Å². The van der Waals surface area contributed by atoms with Crippen molar-refractivity contribution in [3.05, 3.63) is 266 Å². The van der Waals surface area contributed by atoms with Gasteiger partial charge in [0.25, 0.3) is 0 Å². The van der Waals surface area contributed by atoms with Gasteiger partial charge in [-0.3, -0.25) is 19.9 Å². The first-order chi connectivity index (χ1) is 40.7. The van der Waals surface area contributed by atoms with Gasteiger partial charge in [0.2, 0.25) is 0 Å². The van der Waals surface area contributed by atoms with Crippen molar-refractivity contribution in [2.24, 2.45) is 0 Å². The minimum atomic E-state index is -0.365. The number of aryl methyl sites for hydroxylation is 1. The number of halogens is 1. The average Bonchev–Trinajstić information content (AvgIpc) is 1.47. The smallest absolute Gasteiger partial charge is 0.142 e. The van der Waals surface area contributed by atoms with Crippen molar-refractivity contribution >= 4 is 65.4 Å². The summed E-state index contributed by atoms with van der Waals surface area (Å²) in [6.07, 6.45) is 6.41. The zero-order valence-electron chi connectivity index (χ0n) is 50.7. The summed E-state index contributed by atoms with van der Waals surface area (Å²) in [5, 5.41) is 62.2. The number of benzene rings is 8. The van der Waals surface area contributed by atoms with Crippen molar-refractivity contribution in [2.45, 2.75) is 26.7 Å². The van der Waals surface area contributed by atoms with Crippen LogP contribution in [0.1, 0.15) is 32.4 Å². The molecule has 8 aromatic carbocycles. The number of rotatable bonds is 3. The van der Waals surface area contributed by atoms with Crippen LogP contribution in [0.25, 0.3) is 87.8 Å². The molecule has 0 saturated carbocycles. The van der Waals surface area contributed by atoms with Crippen LogP contribution < -0.4 is 0 Å². The van der Waals surface area contributed by atoms with E-state index in [1.165, 1.54) is 24.5 Å². The molecule has 14 aromatic rings. The third kappa shape index (κ3) is 19.6. The van der Waals surface area contributed by atoms with Gasteiger partial charge >= 0.3 is 0 Å². The van der Waals surface area contributed by atoms with E-state index in [0.717, 1.165) is 55.2 Å². The van der Waals surface area contributed by atoms with E-state index in [0.29, 0.717) is 55.8 Å². The third-order valence-electron chi connectivity index (χ3n) is 13.1. The summed E-state index contributed by atoms with van der Waals surface area (Å²) in [6.45, 7) is 6.19. The molecular weight excluding hydrogens is 1430 g/mol. The summed E-state index contributed by atoms with van der Waals surface area (Å²) >= 11 is 0. The van der Waals surface area contributed by atoms with E-state index >= 15 is 0 Å². The molecular formula is C70H57FN6O6Zn6. The molecule has 0 unspecified atom stereocenters. The van der Waals surface area contributed by atoms with Crippen LogP contribution in [-0.2, 0) is 117 Å². The minimum Gasteiger partial charge on any atom is -0.506 e. The molecule has 0 spiro atoms. The normalized spacial score (nSPS) is 10.0. The van der Waals surface area contributed by atoms with E-state index < -0.39 is 0 Å². The molecule has 0 aliphatic rings. The number of nitrogens with zero attached hydrogens (tertiary/aromatic N) is 6. The maximum Gasteiger partial charge on any atom is 0.142 e. The predicted octanol–water partition coefficient (Wildman–Crippen LogP) is 16.5. The average molecular weight is 1490 g/mol. The summed E-state index contributed by atoms with van der Waals surface area (Å²) in [5.41, 5.74) is 9.76. The van der Waals surface area contributed by atoms with Gasteiger partial charge in [0.15, 0.2) is 0 Å². The summed E-state index contributed by atoms with van der Waals surface area (Å²) in [4.78, 5) is 25.1. The van der Waals surface area contributed by atoms with Crippen molar-refractivity contribution in [3.63, 3.8) is 0 Å². The Morgan fingerprint density at radius 2 is 0.775 bits per heavy atom. The number of pyridine rings is 6. The molecule has 19 heteroatoms. The molecule has 89 heavy (non-hydrogen) atoms. The maximum absolute atomic E-state index is 13.0. The number of aromatic hydroxyl groups is 6. The van der Waals surface area contributed by atoms with E-state index in [1.54, 1.807) is 73.1 Å². The van der Waals surface area contributed by atoms with Crippen LogP contribution in [0.2, 0.25) is 0 Å². The van der Waals surface area contributed by atoms with Gasteiger partial charge in [-0.15, -0.1) is 0 Å². The number of aromatic nitrogens is 6. The van der Waals surface area contributed by atoms with Gasteiger partial charge < -0.3 is 30.6 Å². The maximum atomic E-state index is 13.0. The molecule has 0 radical (unpaired) electrons. The molecule has 0 aliphatic heterocycles. The van der Waals surface area contributed by atoms with Crippen LogP contribution in [0.3, 0.4) is 0 Å². The Kier molecular flexibility index (Phi) is 30.8. The van der Waals surface area contributed by atoms with Gasteiger partial charge in [0.1, 0.15) is 73.4 Å². The number of phenols is 6. The first kappa shape index (κ1) is 74.2.